The van der Waals surface area contributed by atoms with E-state index in [4.69, 9.17) is 0 Å². The first-order chi connectivity index (χ1) is 6.74. The SMILES string of the molecule is CCNC(CC(C)C)C1C2CCCC21. The van der Waals surface area contributed by atoms with Crippen molar-refractivity contribution in [3.05, 3.63) is 0 Å². The summed E-state index contributed by atoms with van der Waals surface area (Å²) >= 11 is 0. The molecule has 0 amide bonds. The van der Waals surface area contributed by atoms with Crippen molar-refractivity contribution >= 4 is 0 Å². The Hall–Kier alpha value is -0.0400. The summed E-state index contributed by atoms with van der Waals surface area (Å²) in [5, 5.41) is 3.70. The van der Waals surface area contributed by atoms with Crippen molar-refractivity contribution in [2.75, 3.05) is 6.54 Å². The van der Waals surface area contributed by atoms with E-state index in [0.29, 0.717) is 0 Å². The zero-order valence-corrected chi connectivity index (χ0v) is 9.92. The lowest BCUT2D eigenvalue weighted by molar-refractivity contribution is 0.353. The highest BCUT2D eigenvalue weighted by Gasteiger charge is 2.55. The maximum absolute atomic E-state index is 3.70. The second-order valence-corrected chi connectivity index (χ2v) is 5.63. The van der Waals surface area contributed by atoms with Gasteiger partial charge in [-0.1, -0.05) is 27.2 Å². The molecule has 1 nitrogen and oxygen atoms in total. The fraction of sp³-hybridized carbons (Fsp3) is 1.00. The largest absolute Gasteiger partial charge is 0.314 e. The monoisotopic (exact) mass is 195 g/mol. The van der Waals surface area contributed by atoms with E-state index >= 15 is 0 Å². The van der Waals surface area contributed by atoms with E-state index in [1.54, 1.807) is 0 Å². The van der Waals surface area contributed by atoms with Gasteiger partial charge in [-0.25, -0.2) is 0 Å². The predicted octanol–water partition coefficient (Wildman–Crippen LogP) is 3.06. The Morgan fingerprint density at radius 2 is 1.86 bits per heavy atom. The average molecular weight is 195 g/mol. The van der Waals surface area contributed by atoms with Gasteiger partial charge in [0.25, 0.3) is 0 Å². The van der Waals surface area contributed by atoms with Crippen LogP contribution in [0.3, 0.4) is 0 Å². The normalized spacial score (nSPS) is 37.3. The molecule has 2 fully saturated rings. The standard InChI is InChI=1S/C13H25N/c1-4-14-12(8-9(2)3)13-10-6-5-7-11(10)13/h9-14H,4-8H2,1-3H3. The molecular weight excluding hydrogens is 170 g/mol. The summed E-state index contributed by atoms with van der Waals surface area (Å²) in [5.74, 6) is 4.11. The number of hydrogen-bond donors (Lipinski definition) is 1. The van der Waals surface area contributed by atoms with Crippen LogP contribution in [0.2, 0.25) is 0 Å². The van der Waals surface area contributed by atoms with E-state index in [1.165, 1.54) is 25.7 Å². The number of rotatable bonds is 5. The van der Waals surface area contributed by atoms with Gasteiger partial charge in [0.15, 0.2) is 0 Å². The van der Waals surface area contributed by atoms with Crippen LogP contribution in [0.1, 0.15) is 46.5 Å². The molecule has 3 unspecified atom stereocenters. The average Bonchev–Trinajstić information content (AvgIpc) is 2.58. The minimum absolute atomic E-state index is 0.829. The summed E-state index contributed by atoms with van der Waals surface area (Å²) in [7, 11) is 0. The van der Waals surface area contributed by atoms with Gasteiger partial charge in [-0.15, -0.1) is 0 Å². The first-order valence-electron chi connectivity index (χ1n) is 6.47. The van der Waals surface area contributed by atoms with E-state index in [9.17, 15) is 0 Å². The summed E-state index contributed by atoms with van der Waals surface area (Å²) in [6.07, 6.45) is 5.93. The molecule has 0 aliphatic heterocycles. The van der Waals surface area contributed by atoms with Crippen molar-refractivity contribution in [2.24, 2.45) is 23.7 Å². The van der Waals surface area contributed by atoms with Crippen molar-refractivity contribution in [1.82, 2.24) is 5.32 Å². The van der Waals surface area contributed by atoms with E-state index in [-0.39, 0.29) is 0 Å². The summed E-state index contributed by atoms with van der Waals surface area (Å²) in [4.78, 5) is 0. The van der Waals surface area contributed by atoms with Gasteiger partial charge in [-0.05, 0) is 49.5 Å². The lowest BCUT2D eigenvalue weighted by Gasteiger charge is -2.21. The second-order valence-electron chi connectivity index (χ2n) is 5.63. The molecule has 14 heavy (non-hydrogen) atoms. The molecule has 0 radical (unpaired) electrons. The quantitative estimate of drug-likeness (QED) is 0.711. The highest BCUT2D eigenvalue weighted by molar-refractivity contribution is 5.06. The molecule has 1 heteroatoms. The molecule has 82 valence electrons. The van der Waals surface area contributed by atoms with Crippen LogP contribution in [0.5, 0.6) is 0 Å². The fourth-order valence-electron chi connectivity index (χ4n) is 3.62. The van der Waals surface area contributed by atoms with Crippen LogP contribution in [0.4, 0.5) is 0 Å². The zero-order valence-electron chi connectivity index (χ0n) is 9.92. The van der Waals surface area contributed by atoms with E-state index in [1.807, 2.05) is 0 Å². The Morgan fingerprint density at radius 3 is 2.36 bits per heavy atom. The predicted molar refractivity (Wildman–Crippen MR) is 61.2 cm³/mol. The van der Waals surface area contributed by atoms with Crippen LogP contribution in [0.25, 0.3) is 0 Å². The summed E-state index contributed by atoms with van der Waals surface area (Å²) < 4.78 is 0. The number of nitrogens with one attached hydrogen (secondary N) is 1. The summed E-state index contributed by atoms with van der Waals surface area (Å²) in [5.41, 5.74) is 0. The molecule has 0 aromatic heterocycles. The molecule has 0 saturated heterocycles. The lowest BCUT2D eigenvalue weighted by atomic mass is 9.95. The van der Waals surface area contributed by atoms with Crippen molar-refractivity contribution in [3.8, 4) is 0 Å². The van der Waals surface area contributed by atoms with Crippen molar-refractivity contribution < 1.29 is 0 Å². The Labute approximate surface area is 88.7 Å². The van der Waals surface area contributed by atoms with Gasteiger partial charge >= 0.3 is 0 Å². The molecule has 2 aliphatic carbocycles. The van der Waals surface area contributed by atoms with Crippen LogP contribution < -0.4 is 5.32 Å². The van der Waals surface area contributed by atoms with Gasteiger partial charge in [-0.2, -0.15) is 0 Å². The summed E-state index contributed by atoms with van der Waals surface area (Å²) in [6.45, 7) is 8.09. The first-order valence-corrected chi connectivity index (χ1v) is 6.47. The molecule has 0 aromatic carbocycles. The van der Waals surface area contributed by atoms with Crippen LogP contribution >= 0.6 is 0 Å². The number of fused-ring (bicyclic) bond motifs is 1. The molecule has 3 atom stereocenters. The van der Waals surface area contributed by atoms with E-state index in [0.717, 1.165) is 36.3 Å². The van der Waals surface area contributed by atoms with E-state index in [2.05, 4.69) is 26.1 Å². The zero-order chi connectivity index (χ0) is 10.1. The fourth-order valence-corrected chi connectivity index (χ4v) is 3.62. The van der Waals surface area contributed by atoms with Gasteiger partial charge in [0.1, 0.15) is 0 Å². The van der Waals surface area contributed by atoms with Gasteiger partial charge < -0.3 is 5.32 Å². The van der Waals surface area contributed by atoms with Crippen LogP contribution in [0.15, 0.2) is 0 Å². The minimum atomic E-state index is 0.829. The maximum atomic E-state index is 3.70. The van der Waals surface area contributed by atoms with Crippen LogP contribution in [-0.2, 0) is 0 Å². The van der Waals surface area contributed by atoms with Crippen LogP contribution in [0, 0.1) is 23.7 Å². The third kappa shape index (κ3) is 1.98. The van der Waals surface area contributed by atoms with Crippen molar-refractivity contribution in [1.29, 1.82) is 0 Å². The molecule has 0 heterocycles. The van der Waals surface area contributed by atoms with Crippen LogP contribution in [-0.4, -0.2) is 12.6 Å². The minimum Gasteiger partial charge on any atom is -0.314 e. The van der Waals surface area contributed by atoms with Gasteiger partial charge in [0.05, 0.1) is 0 Å². The smallest absolute Gasteiger partial charge is 0.0103 e. The van der Waals surface area contributed by atoms with Crippen molar-refractivity contribution in [3.63, 3.8) is 0 Å². The Morgan fingerprint density at radius 1 is 1.21 bits per heavy atom. The Kier molecular flexibility index (Phi) is 3.16. The molecule has 0 bridgehead atoms. The maximum Gasteiger partial charge on any atom is 0.0103 e. The molecule has 0 spiro atoms. The molecule has 2 rings (SSSR count). The Bertz CT molecular complexity index is 178. The number of hydrogen-bond acceptors (Lipinski definition) is 1. The topological polar surface area (TPSA) is 12.0 Å². The van der Waals surface area contributed by atoms with E-state index < -0.39 is 0 Å². The van der Waals surface area contributed by atoms with Gasteiger partial charge in [-0.3, -0.25) is 0 Å². The van der Waals surface area contributed by atoms with Gasteiger partial charge in [0, 0.05) is 6.04 Å². The molecule has 2 aliphatic rings. The van der Waals surface area contributed by atoms with Crippen molar-refractivity contribution in [2.45, 2.75) is 52.5 Å². The lowest BCUT2D eigenvalue weighted by Crippen LogP contribution is -2.33. The summed E-state index contributed by atoms with van der Waals surface area (Å²) in [6, 6.07) is 0.829. The molecule has 1 N–H and O–H groups in total. The Balaban J connectivity index is 1.85. The second kappa shape index (κ2) is 4.22. The highest BCUT2D eigenvalue weighted by atomic mass is 14.9. The third-order valence-electron chi connectivity index (χ3n) is 4.13. The third-order valence-corrected chi connectivity index (χ3v) is 4.13. The molecule has 2 saturated carbocycles. The van der Waals surface area contributed by atoms with Gasteiger partial charge in [0.2, 0.25) is 0 Å². The first kappa shape index (κ1) is 10.5. The molecular formula is C13H25N. The molecule has 0 aromatic rings. The highest BCUT2D eigenvalue weighted by Crippen LogP contribution is 2.59.